The Labute approximate surface area is 163 Å². The van der Waals surface area contributed by atoms with Crippen molar-refractivity contribution in [2.24, 2.45) is 20.5 Å². The average molecular weight is 398 g/mol. The minimum atomic E-state index is -3.72. The molecule has 28 heavy (non-hydrogen) atoms. The van der Waals surface area contributed by atoms with E-state index in [2.05, 4.69) is 20.5 Å². The predicted octanol–water partition coefficient (Wildman–Crippen LogP) is 7.11. The van der Waals surface area contributed by atoms with E-state index in [-0.39, 0.29) is 4.90 Å². The zero-order valence-electron chi connectivity index (χ0n) is 14.9. The molecule has 0 heterocycles. The highest BCUT2D eigenvalue weighted by molar-refractivity contribution is 8.19. The van der Waals surface area contributed by atoms with E-state index >= 15 is 0 Å². The lowest BCUT2D eigenvalue weighted by Gasteiger charge is -2.18. The maximum Gasteiger partial charge on any atom is 0.119 e. The Bertz CT molecular complexity index is 967. The van der Waals surface area contributed by atoms with Gasteiger partial charge >= 0.3 is 0 Å². The molecule has 0 aromatic heterocycles. The maximum absolute atomic E-state index is 9.17. The van der Waals surface area contributed by atoms with E-state index in [4.69, 9.17) is 4.74 Å². The molecule has 3 rings (SSSR count). The Hall–Kier alpha value is -3.11. The molecule has 0 saturated heterocycles. The number of nitrogens with zero attached hydrogens (tertiary/aromatic N) is 4. The molecule has 0 aliphatic carbocycles. The largest absolute Gasteiger partial charge is 0.497 e. The van der Waals surface area contributed by atoms with Crippen LogP contribution in [0.2, 0.25) is 0 Å². The summed E-state index contributed by atoms with van der Waals surface area (Å²) >= 11 is 0. The van der Waals surface area contributed by atoms with Crippen LogP contribution in [-0.4, -0.2) is 20.8 Å². The zero-order chi connectivity index (χ0) is 20.0. The minimum Gasteiger partial charge on any atom is -0.497 e. The fourth-order valence-corrected chi connectivity index (χ4v) is 2.66. The van der Waals surface area contributed by atoms with Crippen LogP contribution in [-0.2, 0) is 0 Å². The van der Waals surface area contributed by atoms with Crippen molar-refractivity contribution in [2.45, 2.75) is 4.90 Å². The first kappa shape index (κ1) is 19.6. The lowest BCUT2D eigenvalue weighted by molar-refractivity contribution is 0.376. The standard InChI is InChI=1S/C19H18N4O4S/c1-27-18-10-6-16(7-11-18)22-20-14-2-4-15(5-3-14)21-23-17-8-12-19(13-9-17)28(24,25)26/h2-13,24-26H,1H3. The van der Waals surface area contributed by atoms with E-state index in [9.17, 15) is 13.7 Å². The number of hydrogen-bond donors (Lipinski definition) is 3. The number of hydrogen-bond acceptors (Lipinski definition) is 8. The molecule has 8 nitrogen and oxygen atoms in total. The molecule has 3 aromatic rings. The van der Waals surface area contributed by atoms with Crippen molar-refractivity contribution in [1.29, 1.82) is 0 Å². The van der Waals surface area contributed by atoms with Crippen LogP contribution in [0.3, 0.4) is 0 Å². The third-order valence-electron chi connectivity index (χ3n) is 3.64. The van der Waals surface area contributed by atoms with Gasteiger partial charge < -0.3 is 18.4 Å². The first-order valence-electron chi connectivity index (χ1n) is 8.12. The van der Waals surface area contributed by atoms with Crippen LogP contribution in [0.25, 0.3) is 0 Å². The van der Waals surface area contributed by atoms with Crippen LogP contribution in [0, 0.1) is 0 Å². The van der Waals surface area contributed by atoms with Crippen molar-refractivity contribution in [1.82, 2.24) is 0 Å². The van der Waals surface area contributed by atoms with Crippen LogP contribution in [0.15, 0.2) is 98.1 Å². The van der Waals surface area contributed by atoms with Gasteiger partial charge in [0.05, 0.1) is 34.8 Å². The van der Waals surface area contributed by atoms with Crippen molar-refractivity contribution in [3.05, 3.63) is 72.8 Å². The van der Waals surface area contributed by atoms with Gasteiger partial charge in [-0.15, -0.1) is 0 Å². The molecular formula is C19H18N4O4S. The second-order valence-corrected chi connectivity index (χ2v) is 7.14. The molecule has 0 bridgehead atoms. The molecule has 0 atom stereocenters. The van der Waals surface area contributed by atoms with E-state index < -0.39 is 10.9 Å². The average Bonchev–Trinajstić information content (AvgIpc) is 2.71. The summed E-state index contributed by atoms with van der Waals surface area (Å²) in [4.78, 5) is 0.0259. The van der Waals surface area contributed by atoms with Gasteiger partial charge in [0.15, 0.2) is 0 Å². The first-order chi connectivity index (χ1) is 13.4. The molecule has 0 spiro atoms. The smallest absolute Gasteiger partial charge is 0.119 e. The lowest BCUT2D eigenvalue weighted by Crippen LogP contribution is -1.94. The summed E-state index contributed by atoms with van der Waals surface area (Å²) in [6, 6.07) is 20.1. The van der Waals surface area contributed by atoms with Crippen LogP contribution >= 0.6 is 10.9 Å². The summed E-state index contributed by atoms with van der Waals surface area (Å²) in [5.74, 6) is 0.757. The molecule has 3 N–H and O–H groups in total. The third-order valence-corrected chi connectivity index (χ3v) is 4.54. The van der Waals surface area contributed by atoms with Gasteiger partial charge in [-0.05, 0) is 72.8 Å². The number of rotatable bonds is 6. The summed E-state index contributed by atoms with van der Waals surface area (Å²) in [5, 5.41) is 16.5. The molecule has 0 saturated carbocycles. The van der Waals surface area contributed by atoms with Gasteiger partial charge in [-0.3, -0.25) is 0 Å². The molecule has 0 aliphatic heterocycles. The number of azo groups is 2. The summed E-state index contributed by atoms with van der Waals surface area (Å²) in [6.07, 6.45) is 0. The zero-order valence-corrected chi connectivity index (χ0v) is 15.7. The van der Waals surface area contributed by atoms with Crippen LogP contribution in [0.5, 0.6) is 5.75 Å². The highest BCUT2D eigenvalue weighted by Gasteiger charge is 2.14. The molecule has 144 valence electrons. The number of benzene rings is 3. The van der Waals surface area contributed by atoms with Gasteiger partial charge in [0.1, 0.15) is 16.6 Å². The van der Waals surface area contributed by atoms with Gasteiger partial charge in [-0.1, -0.05) is 0 Å². The Balaban J connectivity index is 1.63. The second kappa shape index (κ2) is 8.72. The molecule has 3 aromatic carbocycles. The summed E-state index contributed by atoms with van der Waals surface area (Å²) in [6.45, 7) is 0. The molecule has 0 radical (unpaired) electrons. The van der Waals surface area contributed by atoms with Crippen molar-refractivity contribution >= 4 is 33.6 Å². The van der Waals surface area contributed by atoms with E-state index in [1.807, 2.05) is 24.3 Å². The Morgan fingerprint density at radius 1 is 0.571 bits per heavy atom. The number of ether oxygens (including phenoxy) is 1. The van der Waals surface area contributed by atoms with E-state index in [1.165, 1.54) is 24.3 Å². The summed E-state index contributed by atoms with van der Waals surface area (Å²) in [7, 11) is -2.11. The van der Waals surface area contributed by atoms with Crippen molar-refractivity contribution in [3.8, 4) is 5.75 Å². The Morgan fingerprint density at radius 3 is 1.21 bits per heavy atom. The fraction of sp³-hybridized carbons (Fsp3) is 0.0526. The van der Waals surface area contributed by atoms with Gasteiger partial charge in [-0.25, -0.2) is 0 Å². The minimum absolute atomic E-state index is 0.0259. The summed E-state index contributed by atoms with van der Waals surface area (Å²) < 4.78 is 32.6. The van der Waals surface area contributed by atoms with Gasteiger partial charge in [0, 0.05) is 0 Å². The first-order valence-corrected chi connectivity index (χ1v) is 9.63. The maximum atomic E-state index is 9.17. The normalized spacial score (nSPS) is 12.6. The number of methoxy groups -OCH3 is 1. The highest BCUT2D eigenvalue weighted by atomic mass is 32.3. The quantitative estimate of drug-likeness (QED) is 0.383. The lowest BCUT2D eigenvalue weighted by atomic mass is 10.3. The van der Waals surface area contributed by atoms with Crippen LogP contribution in [0.1, 0.15) is 0 Å². The summed E-state index contributed by atoms with van der Waals surface area (Å²) in [5.41, 5.74) is 2.52. The van der Waals surface area contributed by atoms with E-state index in [0.717, 1.165) is 5.75 Å². The highest BCUT2D eigenvalue weighted by Crippen LogP contribution is 2.43. The monoisotopic (exact) mass is 398 g/mol. The molecular weight excluding hydrogens is 380 g/mol. The topological polar surface area (TPSA) is 119 Å². The van der Waals surface area contributed by atoms with Crippen LogP contribution < -0.4 is 4.74 Å². The Kier molecular flexibility index (Phi) is 6.12. The fourth-order valence-electron chi connectivity index (χ4n) is 2.16. The van der Waals surface area contributed by atoms with Crippen molar-refractivity contribution in [3.63, 3.8) is 0 Å². The van der Waals surface area contributed by atoms with Crippen molar-refractivity contribution < 1.29 is 18.4 Å². The molecule has 0 amide bonds. The SMILES string of the molecule is COc1ccc(N=Nc2ccc(N=Nc3ccc(S(O)(O)O)cc3)cc2)cc1. The predicted molar refractivity (Wildman–Crippen MR) is 108 cm³/mol. The van der Waals surface area contributed by atoms with Gasteiger partial charge in [-0.2, -0.15) is 20.5 Å². The molecule has 0 aliphatic rings. The van der Waals surface area contributed by atoms with E-state index in [0.29, 0.717) is 22.7 Å². The van der Waals surface area contributed by atoms with E-state index in [1.54, 1.807) is 31.4 Å². The molecule has 0 fully saturated rings. The molecule has 0 unspecified atom stereocenters. The van der Waals surface area contributed by atoms with Crippen molar-refractivity contribution in [2.75, 3.05) is 7.11 Å². The van der Waals surface area contributed by atoms with Gasteiger partial charge in [0.2, 0.25) is 0 Å². The van der Waals surface area contributed by atoms with Crippen LogP contribution in [0.4, 0.5) is 22.7 Å². The molecule has 9 heteroatoms. The Morgan fingerprint density at radius 2 is 0.893 bits per heavy atom. The van der Waals surface area contributed by atoms with Gasteiger partial charge in [0.25, 0.3) is 0 Å². The second-order valence-electron chi connectivity index (χ2n) is 5.63. The third kappa shape index (κ3) is 5.44.